The lowest BCUT2D eigenvalue weighted by molar-refractivity contribution is -0.137. The summed E-state index contributed by atoms with van der Waals surface area (Å²) >= 11 is 0. The maximum atomic E-state index is 12.7. The van der Waals surface area contributed by atoms with E-state index in [4.69, 9.17) is 4.74 Å². The molecule has 0 radical (unpaired) electrons. The Balaban J connectivity index is 2.08. The van der Waals surface area contributed by atoms with E-state index >= 15 is 0 Å². The first-order valence-electron chi connectivity index (χ1n) is 6.55. The number of hydrogen-bond acceptors (Lipinski definition) is 5. The molecule has 122 valence electrons. The zero-order chi connectivity index (χ0) is 17.3. The van der Waals surface area contributed by atoms with E-state index in [0.29, 0.717) is 0 Å². The number of ether oxygens (including phenoxy) is 1. The van der Waals surface area contributed by atoms with Crippen LogP contribution in [-0.4, -0.2) is 26.3 Å². The van der Waals surface area contributed by atoms with E-state index in [2.05, 4.69) is 15.2 Å². The molecule has 0 spiro atoms. The van der Waals surface area contributed by atoms with Crippen LogP contribution in [-0.2, 0) is 6.18 Å². The molecule has 0 aliphatic carbocycles. The van der Waals surface area contributed by atoms with Gasteiger partial charge in [0, 0.05) is 11.6 Å². The van der Waals surface area contributed by atoms with Crippen molar-refractivity contribution in [2.75, 3.05) is 0 Å². The molecule has 1 N–H and O–H groups in total. The number of fused-ring (bicyclic) bond motifs is 1. The lowest BCUT2D eigenvalue weighted by Crippen LogP contribution is -2.07. The smallest absolute Gasteiger partial charge is 0.416 e. The number of pyridine rings is 1. The van der Waals surface area contributed by atoms with Gasteiger partial charge in [0.25, 0.3) is 5.88 Å². The fourth-order valence-corrected chi connectivity index (χ4v) is 2.07. The topological polar surface area (TPSA) is 85.2 Å². The van der Waals surface area contributed by atoms with Gasteiger partial charge in [-0.15, -0.1) is 10.2 Å². The van der Waals surface area contributed by atoms with Crippen LogP contribution in [0.3, 0.4) is 0 Å². The van der Waals surface area contributed by atoms with Gasteiger partial charge in [0.05, 0.1) is 11.8 Å². The molecule has 0 saturated heterocycles. The van der Waals surface area contributed by atoms with Gasteiger partial charge >= 0.3 is 12.1 Å². The maximum absolute atomic E-state index is 12.7. The number of benzene rings is 1. The summed E-state index contributed by atoms with van der Waals surface area (Å²) in [5, 5.41) is 17.0. The first kappa shape index (κ1) is 15.7. The molecule has 6 nitrogen and oxygen atoms in total. The van der Waals surface area contributed by atoms with Crippen LogP contribution in [0.4, 0.5) is 13.2 Å². The minimum Gasteiger partial charge on any atom is -0.477 e. The molecule has 2 aromatic heterocycles. The van der Waals surface area contributed by atoms with Crippen molar-refractivity contribution in [1.82, 2.24) is 15.2 Å². The van der Waals surface area contributed by atoms with Crippen molar-refractivity contribution in [2.24, 2.45) is 0 Å². The van der Waals surface area contributed by atoms with Crippen LogP contribution < -0.4 is 4.74 Å². The highest BCUT2D eigenvalue weighted by atomic mass is 19.4. The van der Waals surface area contributed by atoms with E-state index in [1.807, 2.05) is 0 Å². The van der Waals surface area contributed by atoms with Crippen LogP contribution in [0.25, 0.3) is 10.9 Å². The van der Waals surface area contributed by atoms with Crippen molar-refractivity contribution in [3.8, 4) is 11.6 Å². The second kappa shape index (κ2) is 5.76. The highest BCUT2D eigenvalue weighted by Gasteiger charge is 2.31. The van der Waals surface area contributed by atoms with Crippen molar-refractivity contribution < 1.29 is 27.8 Å². The number of alkyl halides is 3. The predicted octanol–water partition coefficient (Wildman–Crippen LogP) is 3.53. The largest absolute Gasteiger partial charge is 0.477 e. The van der Waals surface area contributed by atoms with E-state index in [9.17, 15) is 23.1 Å². The molecule has 9 heteroatoms. The van der Waals surface area contributed by atoms with E-state index in [0.717, 1.165) is 18.2 Å². The molecule has 0 amide bonds. The number of aromatic nitrogens is 3. The summed E-state index contributed by atoms with van der Waals surface area (Å²) in [6, 6.07) is 5.45. The average molecular weight is 335 g/mol. The van der Waals surface area contributed by atoms with Crippen LogP contribution in [0.15, 0.2) is 42.7 Å². The third-order valence-corrected chi connectivity index (χ3v) is 3.12. The zero-order valence-corrected chi connectivity index (χ0v) is 11.8. The molecule has 0 bridgehead atoms. The number of aromatic carboxylic acids is 1. The molecular weight excluding hydrogens is 327 g/mol. The fraction of sp³-hybridized carbons (Fsp3) is 0.0667. The van der Waals surface area contributed by atoms with Crippen LogP contribution in [0, 0.1) is 0 Å². The van der Waals surface area contributed by atoms with Crippen molar-refractivity contribution in [3.05, 3.63) is 53.9 Å². The van der Waals surface area contributed by atoms with Gasteiger partial charge in [-0.2, -0.15) is 13.2 Å². The number of rotatable bonds is 3. The molecule has 0 aliphatic rings. The van der Waals surface area contributed by atoms with E-state index in [1.165, 1.54) is 24.5 Å². The van der Waals surface area contributed by atoms with Gasteiger partial charge in [-0.3, -0.25) is 4.98 Å². The number of halogens is 3. The fourth-order valence-electron chi connectivity index (χ4n) is 2.07. The lowest BCUT2D eigenvalue weighted by Gasteiger charge is -2.11. The van der Waals surface area contributed by atoms with Gasteiger partial charge in [-0.05, 0) is 24.3 Å². The summed E-state index contributed by atoms with van der Waals surface area (Å²) in [5.74, 6) is -1.95. The quantitative estimate of drug-likeness (QED) is 0.788. The monoisotopic (exact) mass is 335 g/mol. The first-order chi connectivity index (χ1) is 11.4. The molecule has 3 aromatic rings. The highest BCUT2D eigenvalue weighted by Crippen LogP contribution is 2.33. The second-order valence-electron chi connectivity index (χ2n) is 4.71. The molecule has 0 atom stereocenters. The molecule has 0 saturated carbocycles. The number of hydrogen-bond donors (Lipinski definition) is 1. The second-order valence-corrected chi connectivity index (χ2v) is 4.71. The molecule has 0 aliphatic heterocycles. The Labute approximate surface area is 132 Å². The van der Waals surface area contributed by atoms with Gasteiger partial charge in [-0.1, -0.05) is 6.07 Å². The number of carbonyl (C=O) groups is 1. The van der Waals surface area contributed by atoms with Crippen LogP contribution in [0.5, 0.6) is 11.6 Å². The van der Waals surface area contributed by atoms with Gasteiger partial charge in [0.1, 0.15) is 16.8 Å². The van der Waals surface area contributed by atoms with E-state index in [1.54, 1.807) is 0 Å². The Kier molecular flexibility index (Phi) is 3.76. The molecule has 3 rings (SSSR count). The first-order valence-corrected chi connectivity index (χ1v) is 6.55. The lowest BCUT2D eigenvalue weighted by atomic mass is 10.1. The molecule has 1 aromatic carbocycles. The van der Waals surface area contributed by atoms with Crippen molar-refractivity contribution in [1.29, 1.82) is 0 Å². The number of carboxylic acid groups (broad SMARTS) is 1. The third-order valence-electron chi connectivity index (χ3n) is 3.12. The Morgan fingerprint density at radius 1 is 1.17 bits per heavy atom. The van der Waals surface area contributed by atoms with Crippen molar-refractivity contribution >= 4 is 16.9 Å². The SMILES string of the molecule is O=C(O)c1c(Oc2cccc(C(F)(F)F)c2)nnc2cnccc12. The number of nitrogens with zero attached hydrogens (tertiary/aromatic N) is 3. The minimum absolute atomic E-state index is 0.199. The van der Waals surface area contributed by atoms with Crippen LogP contribution >= 0.6 is 0 Å². The molecular formula is C15H8F3N3O3. The zero-order valence-electron chi connectivity index (χ0n) is 11.8. The van der Waals surface area contributed by atoms with Crippen molar-refractivity contribution in [2.45, 2.75) is 6.18 Å². The van der Waals surface area contributed by atoms with Gasteiger partial charge in [-0.25, -0.2) is 4.79 Å². The predicted molar refractivity (Wildman–Crippen MR) is 75.8 cm³/mol. The molecule has 24 heavy (non-hydrogen) atoms. The maximum Gasteiger partial charge on any atom is 0.416 e. The Bertz CT molecular complexity index is 928. The normalized spacial score (nSPS) is 11.5. The van der Waals surface area contributed by atoms with Gasteiger partial charge < -0.3 is 9.84 Å². The summed E-state index contributed by atoms with van der Waals surface area (Å²) in [4.78, 5) is 15.3. The summed E-state index contributed by atoms with van der Waals surface area (Å²) in [6.07, 6.45) is -1.86. The van der Waals surface area contributed by atoms with Crippen molar-refractivity contribution in [3.63, 3.8) is 0 Å². The minimum atomic E-state index is -4.55. The highest BCUT2D eigenvalue weighted by molar-refractivity contribution is 6.04. The van der Waals surface area contributed by atoms with Gasteiger partial charge in [0.15, 0.2) is 0 Å². The molecule has 2 heterocycles. The standard InChI is InChI=1S/C15H8F3N3O3/c16-15(17,18)8-2-1-3-9(6-8)24-13-12(14(22)23)10-4-5-19-7-11(10)20-21-13/h1-7H,(H,22,23). The Morgan fingerprint density at radius 2 is 1.96 bits per heavy atom. The summed E-state index contributed by atoms with van der Waals surface area (Å²) in [6.45, 7) is 0. The third kappa shape index (κ3) is 2.96. The van der Waals surface area contributed by atoms with Crippen LogP contribution in [0.1, 0.15) is 15.9 Å². The molecule has 0 fully saturated rings. The van der Waals surface area contributed by atoms with Gasteiger partial charge in [0.2, 0.25) is 0 Å². The Morgan fingerprint density at radius 3 is 2.67 bits per heavy atom. The van der Waals surface area contributed by atoms with E-state index in [-0.39, 0.29) is 22.2 Å². The average Bonchev–Trinajstić information content (AvgIpc) is 2.53. The van der Waals surface area contributed by atoms with E-state index < -0.39 is 23.6 Å². The molecule has 0 unspecified atom stereocenters. The number of carboxylic acids is 1. The Hall–Kier alpha value is -3.23. The summed E-state index contributed by atoms with van der Waals surface area (Å²) in [7, 11) is 0. The van der Waals surface area contributed by atoms with Crippen LogP contribution in [0.2, 0.25) is 0 Å². The summed E-state index contributed by atoms with van der Waals surface area (Å²) < 4.78 is 43.5. The summed E-state index contributed by atoms with van der Waals surface area (Å²) in [5.41, 5.74) is -0.999.